The van der Waals surface area contributed by atoms with Crippen LogP contribution < -0.4 is 0 Å². The van der Waals surface area contributed by atoms with Crippen LogP contribution in [0.3, 0.4) is 0 Å². The normalized spacial score (nSPS) is 17.1. The van der Waals surface area contributed by atoms with E-state index in [4.69, 9.17) is 27.9 Å². The van der Waals surface area contributed by atoms with Gasteiger partial charge in [0, 0.05) is 41.7 Å². The Labute approximate surface area is 187 Å². The molecule has 5 heteroatoms. The lowest BCUT2D eigenvalue weighted by molar-refractivity contribution is -0.0329. The molecule has 0 saturated carbocycles. The molecule has 0 aromatic heterocycles. The lowest BCUT2D eigenvalue weighted by Gasteiger charge is -2.33. The molecule has 154 valence electrons. The number of morpholine rings is 1. The number of ketones is 1. The van der Waals surface area contributed by atoms with Gasteiger partial charge in [-0.15, -0.1) is 0 Å². The number of hydrogen-bond acceptors (Lipinski definition) is 3. The van der Waals surface area contributed by atoms with Gasteiger partial charge in [-0.2, -0.15) is 0 Å². The number of ether oxygens (including phenoxy) is 1. The average Bonchev–Trinajstić information content (AvgIpc) is 2.77. The van der Waals surface area contributed by atoms with Crippen LogP contribution in [0.1, 0.15) is 33.2 Å². The molecular formula is C25H23Cl2NO2. The third kappa shape index (κ3) is 5.11. The van der Waals surface area contributed by atoms with Crippen molar-refractivity contribution in [2.45, 2.75) is 19.1 Å². The Morgan fingerprint density at radius 3 is 2.33 bits per heavy atom. The zero-order valence-electron chi connectivity index (χ0n) is 16.6. The van der Waals surface area contributed by atoms with E-state index in [0.29, 0.717) is 27.8 Å². The van der Waals surface area contributed by atoms with E-state index >= 15 is 0 Å². The highest BCUT2D eigenvalue weighted by Crippen LogP contribution is 2.27. The van der Waals surface area contributed by atoms with E-state index in [2.05, 4.69) is 29.2 Å². The van der Waals surface area contributed by atoms with Crippen LogP contribution >= 0.6 is 23.2 Å². The van der Waals surface area contributed by atoms with Crippen molar-refractivity contribution < 1.29 is 9.53 Å². The van der Waals surface area contributed by atoms with Crippen molar-refractivity contribution in [1.29, 1.82) is 0 Å². The standard InChI is InChI=1S/C25H23Cl2NO2/c26-22-7-4-8-23(27)21(22)15-24(29)19-9-11-20(12-10-19)25-17-28(13-14-30-25)16-18-5-2-1-3-6-18/h1-12,25H,13-17H2. The van der Waals surface area contributed by atoms with E-state index in [9.17, 15) is 4.79 Å². The van der Waals surface area contributed by atoms with Crippen LogP contribution in [0.5, 0.6) is 0 Å². The van der Waals surface area contributed by atoms with Crippen LogP contribution in [-0.4, -0.2) is 30.4 Å². The maximum absolute atomic E-state index is 12.7. The Morgan fingerprint density at radius 2 is 1.63 bits per heavy atom. The number of hydrogen-bond donors (Lipinski definition) is 0. The zero-order valence-corrected chi connectivity index (χ0v) is 18.1. The van der Waals surface area contributed by atoms with E-state index in [1.807, 2.05) is 30.3 Å². The number of carbonyl (C=O) groups excluding carboxylic acids is 1. The molecular weight excluding hydrogens is 417 g/mol. The minimum atomic E-state index is -0.00758. The molecule has 1 heterocycles. The predicted octanol–water partition coefficient (Wildman–Crippen LogP) is 5.99. The Balaban J connectivity index is 1.41. The van der Waals surface area contributed by atoms with Crippen molar-refractivity contribution in [2.75, 3.05) is 19.7 Å². The molecule has 3 aromatic rings. The fraction of sp³-hybridized carbons (Fsp3) is 0.240. The first kappa shape index (κ1) is 21.1. The second-order valence-electron chi connectivity index (χ2n) is 7.50. The van der Waals surface area contributed by atoms with Gasteiger partial charge in [-0.25, -0.2) is 0 Å². The van der Waals surface area contributed by atoms with Crippen molar-refractivity contribution in [3.05, 3.63) is 105 Å². The van der Waals surface area contributed by atoms with E-state index in [1.165, 1.54) is 5.56 Å². The second kappa shape index (κ2) is 9.76. The van der Waals surface area contributed by atoms with Gasteiger partial charge in [-0.05, 0) is 28.8 Å². The quantitative estimate of drug-likeness (QED) is 0.441. The molecule has 1 atom stereocenters. The molecule has 0 bridgehead atoms. The minimum Gasteiger partial charge on any atom is -0.371 e. The van der Waals surface area contributed by atoms with Crippen LogP contribution in [-0.2, 0) is 17.7 Å². The summed E-state index contributed by atoms with van der Waals surface area (Å²) >= 11 is 12.4. The van der Waals surface area contributed by atoms with Crippen molar-refractivity contribution in [1.82, 2.24) is 4.90 Å². The van der Waals surface area contributed by atoms with Gasteiger partial charge in [0.2, 0.25) is 0 Å². The van der Waals surface area contributed by atoms with Gasteiger partial charge < -0.3 is 4.74 Å². The molecule has 0 N–H and O–H groups in total. The third-order valence-electron chi connectivity index (χ3n) is 5.40. The number of halogens is 2. The Morgan fingerprint density at radius 1 is 0.933 bits per heavy atom. The van der Waals surface area contributed by atoms with Crippen LogP contribution in [0.4, 0.5) is 0 Å². The Bertz CT molecular complexity index is 985. The Kier molecular flexibility index (Phi) is 6.86. The molecule has 0 radical (unpaired) electrons. The summed E-state index contributed by atoms with van der Waals surface area (Å²) in [5, 5.41) is 1.03. The smallest absolute Gasteiger partial charge is 0.167 e. The summed E-state index contributed by atoms with van der Waals surface area (Å²) in [6.45, 7) is 3.36. The van der Waals surface area contributed by atoms with E-state index in [1.54, 1.807) is 18.2 Å². The topological polar surface area (TPSA) is 29.5 Å². The molecule has 1 fully saturated rings. The zero-order chi connectivity index (χ0) is 20.9. The van der Waals surface area contributed by atoms with Gasteiger partial charge in [0.15, 0.2) is 5.78 Å². The molecule has 3 aromatic carbocycles. The lowest BCUT2D eigenvalue weighted by atomic mass is 9.99. The van der Waals surface area contributed by atoms with Gasteiger partial charge in [0.25, 0.3) is 0 Å². The molecule has 0 aliphatic carbocycles. The highest BCUT2D eigenvalue weighted by molar-refractivity contribution is 6.36. The Hall–Kier alpha value is -2.17. The van der Waals surface area contributed by atoms with Crippen molar-refractivity contribution in [3.63, 3.8) is 0 Å². The van der Waals surface area contributed by atoms with Crippen LogP contribution in [0.25, 0.3) is 0 Å². The van der Waals surface area contributed by atoms with E-state index in [0.717, 1.165) is 25.2 Å². The first-order valence-corrected chi connectivity index (χ1v) is 10.8. The molecule has 0 amide bonds. The van der Waals surface area contributed by atoms with E-state index in [-0.39, 0.29) is 18.3 Å². The maximum Gasteiger partial charge on any atom is 0.167 e. The van der Waals surface area contributed by atoms with Crippen LogP contribution in [0.2, 0.25) is 10.0 Å². The van der Waals surface area contributed by atoms with Crippen molar-refractivity contribution in [2.24, 2.45) is 0 Å². The first-order valence-electron chi connectivity index (χ1n) is 10.0. The van der Waals surface area contributed by atoms with Crippen LogP contribution in [0.15, 0.2) is 72.8 Å². The highest BCUT2D eigenvalue weighted by Gasteiger charge is 2.22. The largest absolute Gasteiger partial charge is 0.371 e. The highest BCUT2D eigenvalue weighted by atomic mass is 35.5. The molecule has 1 unspecified atom stereocenters. The second-order valence-corrected chi connectivity index (χ2v) is 8.32. The van der Waals surface area contributed by atoms with Gasteiger partial charge in [-0.1, -0.05) is 83.9 Å². The average molecular weight is 440 g/mol. The lowest BCUT2D eigenvalue weighted by Crippen LogP contribution is -2.37. The summed E-state index contributed by atoms with van der Waals surface area (Å²) in [5.74, 6) is -0.00758. The summed E-state index contributed by atoms with van der Waals surface area (Å²) < 4.78 is 6.00. The summed E-state index contributed by atoms with van der Waals surface area (Å²) in [4.78, 5) is 15.1. The fourth-order valence-electron chi connectivity index (χ4n) is 3.74. The van der Waals surface area contributed by atoms with Gasteiger partial charge in [0.05, 0.1) is 12.7 Å². The minimum absolute atomic E-state index is 0.00428. The molecule has 3 nitrogen and oxygen atoms in total. The van der Waals surface area contributed by atoms with Gasteiger partial charge in [0.1, 0.15) is 0 Å². The monoisotopic (exact) mass is 439 g/mol. The van der Waals surface area contributed by atoms with E-state index < -0.39 is 0 Å². The molecule has 0 spiro atoms. The molecule has 1 aliphatic rings. The predicted molar refractivity (Wildman–Crippen MR) is 121 cm³/mol. The molecule has 4 rings (SSSR count). The number of rotatable bonds is 6. The first-order chi connectivity index (χ1) is 14.6. The SMILES string of the molecule is O=C(Cc1c(Cl)cccc1Cl)c1ccc(C2CN(Cc3ccccc3)CCO2)cc1. The molecule has 30 heavy (non-hydrogen) atoms. The van der Waals surface area contributed by atoms with Gasteiger partial charge in [-0.3, -0.25) is 9.69 Å². The van der Waals surface area contributed by atoms with Gasteiger partial charge >= 0.3 is 0 Å². The fourth-order valence-corrected chi connectivity index (χ4v) is 4.27. The van der Waals surface area contributed by atoms with Crippen LogP contribution in [0, 0.1) is 0 Å². The summed E-state index contributed by atoms with van der Waals surface area (Å²) in [7, 11) is 0. The summed E-state index contributed by atoms with van der Waals surface area (Å²) in [6, 6.07) is 23.4. The third-order valence-corrected chi connectivity index (χ3v) is 6.11. The summed E-state index contributed by atoms with van der Waals surface area (Å²) in [5.41, 5.74) is 3.70. The maximum atomic E-state index is 12.7. The molecule has 1 aliphatic heterocycles. The summed E-state index contributed by atoms with van der Waals surface area (Å²) in [6.07, 6.45) is 0.187. The number of nitrogens with zero attached hydrogens (tertiary/aromatic N) is 1. The van der Waals surface area contributed by atoms with Crippen molar-refractivity contribution in [3.8, 4) is 0 Å². The van der Waals surface area contributed by atoms with Crippen molar-refractivity contribution >= 4 is 29.0 Å². The molecule has 1 saturated heterocycles. The number of benzene rings is 3. The number of Topliss-reactive ketones (excluding diaryl/α,β-unsaturated/α-hetero) is 1. The number of carbonyl (C=O) groups is 1.